The summed E-state index contributed by atoms with van der Waals surface area (Å²) in [5.74, 6) is -0.178. The zero-order chi connectivity index (χ0) is 20.6. The molecule has 6 nitrogen and oxygen atoms in total. The lowest BCUT2D eigenvalue weighted by Gasteiger charge is -2.22. The average Bonchev–Trinajstić information content (AvgIpc) is 2.66. The first kappa shape index (κ1) is 21.5. The Morgan fingerprint density at radius 1 is 1.07 bits per heavy atom. The molecule has 2 aromatic carbocycles. The van der Waals surface area contributed by atoms with Crippen molar-refractivity contribution in [1.82, 2.24) is 0 Å². The van der Waals surface area contributed by atoms with Gasteiger partial charge in [-0.1, -0.05) is 31.2 Å². The first-order valence-corrected chi connectivity index (χ1v) is 11.0. The fourth-order valence-corrected chi connectivity index (χ4v) is 3.75. The topological polar surface area (TPSA) is 90.3 Å². The van der Waals surface area contributed by atoms with E-state index in [0.29, 0.717) is 24.2 Å². The molecule has 0 aliphatic rings. The highest BCUT2D eigenvalue weighted by Gasteiger charge is 2.17. The standard InChI is InChI=1S/C21H25N3O3S/c1-3-17-8-12-20(13-9-17)24(28(2,26)27)16-4-5-21(25)23-19-10-6-18(7-11-19)14-15-22/h6-13H,3-5,14,16H2,1-2H3,(H,23,25). The zero-order valence-electron chi connectivity index (χ0n) is 16.2. The van der Waals surface area contributed by atoms with Crippen molar-refractivity contribution < 1.29 is 13.2 Å². The van der Waals surface area contributed by atoms with E-state index in [2.05, 4.69) is 11.4 Å². The quantitative estimate of drug-likeness (QED) is 0.699. The molecule has 2 rings (SSSR count). The number of aryl methyl sites for hydroxylation is 1. The van der Waals surface area contributed by atoms with Crippen LogP contribution in [-0.4, -0.2) is 27.1 Å². The average molecular weight is 400 g/mol. The zero-order valence-corrected chi connectivity index (χ0v) is 17.0. The molecule has 148 valence electrons. The summed E-state index contributed by atoms with van der Waals surface area (Å²) in [5, 5.41) is 11.5. The van der Waals surface area contributed by atoms with Gasteiger partial charge >= 0.3 is 0 Å². The van der Waals surface area contributed by atoms with Crippen LogP contribution in [0.4, 0.5) is 11.4 Å². The van der Waals surface area contributed by atoms with Gasteiger partial charge in [0.15, 0.2) is 0 Å². The first-order chi connectivity index (χ1) is 13.3. The van der Waals surface area contributed by atoms with Crippen molar-refractivity contribution in [2.24, 2.45) is 0 Å². The van der Waals surface area contributed by atoms with Gasteiger partial charge in [-0.05, 0) is 48.2 Å². The number of benzene rings is 2. The summed E-state index contributed by atoms with van der Waals surface area (Å²) >= 11 is 0. The van der Waals surface area contributed by atoms with E-state index in [1.54, 1.807) is 36.4 Å². The number of nitrogens with zero attached hydrogens (tertiary/aromatic N) is 2. The van der Waals surface area contributed by atoms with Crippen LogP contribution in [-0.2, 0) is 27.7 Å². The van der Waals surface area contributed by atoms with Crippen LogP contribution in [0.15, 0.2) is 48.5 Å². The number of hydrogen-bond acceptors (Lipinski definition) is 4. The predicted molar refractivity (Wildman–Crippen MR) is 112 cm³/mol. The molecular formula is C21H25N3O3S. The summed E-state index contributed by atoms with van der Waals surface area (Å²) in [4.78, 5) is 12.1. The smallest absolute Gasteiger partial charge is 0.232 e. The van der Waals surface area contributed by atoms with Gasteiger partial charge in [-0.3, -0.25) is 9.10 Å². The van der Waals surface area contributed by atoms with Gasteiger partial charge < -0.3 is 5.32 Å². The second-order valence-corrected chi connectivity index (χ2v) is 8.45. The van der Waals surface area contributed by atoms with Crippen LogP contribution in [0.25, 0.3) is 0 Å². The van der Waals surface area contributed by atoms with Crippen molar-refractivity contribution in [2.45, 2.75) is 32.6 Å². The lowest BCUT2D eigenvalue weighted by molar-refractivity contribution is -0.116. The van der Waals surface area contributed by atoms with Gasteiger partial charge in [-0.15, -0.1) is 0 Å². The van der Waals surface area contributed by atoms with Crippen LogP contribution in [0.1, 0.15) is 30.9 Å². The largest absolute Gasteiger partial charge is 0.326 e. The minimum Gasteiger partial charge on any atom is -0.326 e. The molecule has 0 saturated carbocycles. The Morgan fingerprint density at radius 2 is 1.68 bits per heavy atom. The number of rotatable bonds is 9. The van der Waals surface area contributed by atoms with Gasteiger partial charge in [0.1, 0.15) is 0 Å². The monoisotopic (exact) mass is 399 g/mol. The molecule has 0 atom stereocenters. The molecule has 0 aliphatic heterocycles. The van der Waals surface area contributed by atoms with Crippen LogP contribution in [0, 0.1) is 11.3 Å². The van der Waals surface area contributed by atoms with Crippen molar-refractivity contribution in [3.05, 3.63) is 59.7 Å². The Bertz CT molecular complexity index is 930. The molecule has 0 aromatic heterocycles. The highest BCUT2D eigenvalue weighted by molar-refractivity contribution is 7.92. The van der Waals surface area contributed by atoms with Crippen LogP contribution in [0.3, 0.4) is 0 Å². The molecule has 0 bridgehead atoms. The molecule has 0 saturated heterocycles. The van der Waals surface area contributed by atoms with E-state index >= 15 is 0 Å². The fraction of sp³-hybridized carbons (Fsp3) is 0.333. The Hall–Kier alpha value is -2.85. The SMILES string of the molecule is CCc1ccc(N(CCCC(=O)Nc2ccc(CC#N)cc2)S(C)(=O)=O)cc1. The third kappa shape index (κ3) is 6.39. The number of carbonyl (C=O) groups excluding carboxylic acids is 1. The Morgan fingerprint density at radius 3 is 2.21 bits per heavy atom. The van der Waals surface area contributed by atoms with Gasteiger partial charge in [0.2, 0.25) is 15.9 Å². The maximum atomic E-state index is 12.1. The Labute approximate surface area is 166 Å². The number of carbonyl (C=O) groups is 1. The van der Waals surface area contributed by atoms with Crippen LogP contribution >= 0.6 is 0 Å². The molecule has 0 unspecified atom stereocenters. The second kappa shape index (κ2) is 9.90. The minimum atomic E-state index is -3.43. The normalized spacial score (nSPS) is 10.9. The van der Waals surface area contributed by atoms with E-state index in [1.807, 2.05) is 19.1 Å². The molecule has 0 aliphatic carbocycles. The molecule has 0 radical (unpaired) electrons. The van der Waals surface area contributed by atoms with Gasteiger partial charge in [0.05, 0.1) is 24.4 Å². The highest BCUT2D eigenvalue weighted by atomic mass is 32.2. The van der Waals surface area contributed by atoms with Gasteiger partial charge in [-0.25, -0.2) is 8.42 Å². The molecular weight excluding hydrogens is 374 g/mol. The predicted octanol–water partition coefficient (Wildman–Crippen LogP) is 3.50. The van der Waals surface area contributed by atoms with Crippen molar-refractivity contribution in [2.75, 3.05) is 22.4 Å². The van der Waals surface area contributed by atoms with Gasteiger partial charge in [0, 0.05) is 18.7 Å². The lowest BCUT2D eigenvalue weighted by atomic mass is 10.1. The molecule has 0 heterocycles. The van der Waals surface area contributed by atoms with Crippen molar-refractivity contribution in [3.63, 3.8) is 0 Å². The molecule has 28 heavy (non-hydrogen) atoms. The molecule has 1 amide bonds. The number of hydrogen-bond donors (Lipinski definition) is 1. The second-order valence-electron chi connectivity index (χ2n) is 6.54. The summed E-state index contributed by atoms with van der Waals surface area (Å²) in [6.45, 7) is 2.28. The first-order valence-electron chi connectivity index (χ1n) is 9.16. The fourth-order valence-electron chi connectivity index (χ4n) is 2.79. The third-order valence-corrected chi connectivity index (χ3v) is 5.51. The Balaban J connectivity index is 1.92. The van der Waals surface area contributed by atoms with Crippen LogP contribution < -0.4 is 9.62 Å². The molecule has 7 heteroatoms. The number of anilines is 2. The van der Waals surface area contributed by atoms with E-state index in [9.17, 15) is 13.2 Å². The van der Waals surface area contributed by atoms with Crippen molar-refractivity contribution in [1.29, 1.82) is 5.26 Å². The van der Waals surface area contributed by atoms with Gasteiger partial charge in [-0.2, -0.15) is 5.26 Å². The van der Waals surface area contributed by atoms with Crippen molar-refractivity contribution in [3.8, 4) is 6.07 Å². The summed E-state index contributed by atoms with van der Waals surface area (Å²) in [6, 6.07) is 16.6. The van der Waals surface area contributed by atoms with E-state index < -0.39 is 10.0 Å². The summed E-state index contributed by atoms with van der Waals surface area (Å²) < 4.78 is 25.6. The summed E-state index contributed by atoms with van der Waals surface area (Å²) in [5.41, 5.74) is 3.28. The number of amides is 1. The molecule has 0 fully saturated rings. The van der Waals surface area contributed by atoms with Crippen molar-refractivity contribution >= 4 is 27.3 Å². The Kier molecular flexibility index (Phi) is 7.59. The van der Waals surface area contributed by atoms with Gasteiger partial charge in [0.25, 0.3) is 0 Å². The number of sulfonamides is 1. The van der Waals surface area contributed by atoms with Crippen LogP contribution in [0.2, 0.25) is 0 Å². The van der Waals surface area contributed by atoms with E-state index in [4.69, 9.17) is 5.26 Å². The summed E-state index contributed by atoms with van der Waals surface area (Å²) in [7, 11) is -3.43. The molecule has 1 N–H and O–H groups in total. The van der Waals surface area contributed by atoms with Crippen LogP contribution in [0.5, 0.6) is 0 Å². The number of nitrogens with one attached hydrogen (secondary N) is 1. The van der Waals surface area contributed by atoms with E-state index in [1.165, 1.54) is 10.6 Å². The highest BCUT2D eigenvalue weighted by Crippen LogP contribution is 2.19. The van der Waals surface area contributed by atoms with E-state index in [-0.39, 0.29) is 18.9 Å². The van der Waals surface area contributed by atoms with E-state index in [0.717, 1.165) is 17.5 Å². The third-order valence-electron chi connectivity index (χ3n) is 4.32. The molecule has 2 aromatic rings. The summed E-state index contributed by atoms with van der Waals surface area (Å²) in [6.07, 6.45) is 3.00. The molecule has 0 spiro atoms. The minimum absolute atomic E-state index is 0.178. The maximum absolute atomic E-state index is 12.1. The lowest BCUT2D eigenvalue weighted by Crippen LogP contribution is -2.31. The maximum Gasteiger partial charge on any atom is 0.232 e. The number of nitriles is 1.